The second kappa shape index (κ2) is 6.33. The Morgan fingerprint density at radius 1 is 1.05 bits per heavy atom. The topological polar surface area (TPSA) is 12.0 Å². The van der Waals surface area contributed by atoms with E-state index in [-0.39, 0.29) is 11.9 Å². The Kier molecular flexibility index (Phi) is 4.73. The molecule has 2 aromatic carbocycles. The fourth-order valence-corrected chi connectivity index (χ4v) is 2.13. The van der Waals surface area contributed by atoms with E-state index in [4.69, 9.17) is 11.6 Å². The zero-order chi connectivity index (χ0) is 14.7. The van der Waals surface area contributed by atoms with Crippen molar-refractivity contribution in [3.8, 4) is 11.1 Å². The molecule has 1 N–H and O–H groups in total. The minimum Gasteiger partial charge on any atom is -0.310 e. The van der Waals surface area contributed by atoms with Crippen LogP contribution in [-0.2, 0) is 6.54 Å². The molecule has 0 aliphatic carbocycles. The Morgan fingerprint density at radius 3 is 2.40 bits per heavy atom. The zero-order valence-electron chi connectivity index (χ0n) is 11.4. The van der Waals surface area contributed by atoms with Crippen LogP contribution in [0.5, 0.6) is 0 Å². The monoisotopic (exact) mass is 295 g/mol. The highest BCUT2D eigenvalue weighted by Crippen LogP contribution is 2.26. The van der Waals surface area contributed by atoms with E-state index in [1.807, 2.05) is 13.8 Å². The molecule has 0 unspecified atom stereocenters. The van der Waals surface area contributed by atoms with Gasteiger partial charge in [-0.2, -0.15) is 0 Å². The van der Waals surface area contributed by atoms with Crippen molar-refractivity contribution < 1.29 is 8.78 Å². The van der Waals surface area contributed by atoms with Crippen LogP contribution in [-0.4, -0.2) is 6.04 Å². The predicted molar refractivity (Wildman–Crippen MR) is 78.8 cm³/mol. The maximum absolute atomic E-state index is 14.0. The third-order valence-corrected chi connectivity index (χ3v) is 3.17. The van der Waals surface area contributed by atoms with Crippen LogP contribution in [0.2, 0.25) is 5.02 Å². The Balaban J connectivity index is 2.28. The fourth-order valence-electron chi connectivity index (χ4n) is 1.90. The Bertz CT molecular complexity index is 591. The van der Waals surface area contributed by atoms with Crippen LogP contribution in [0.25, 0.3) is 11.1 Å². The van der Waals surface area contributed by atoms with E-state index in [2.05, 4.69) is 5.32 Å². The Labute approximate surface area is 122 Å². The highest BCUT2D eigenvalue weighted by atomic mass is 35.5. The molecule has 0 aromatic heterocycles. The highest BCUT2D eigenvalue weighted by molar-refractivity contribution is 6.30. The van der Waals surface area contributed by atoms with Gasteiger partial charge in [0.2, 0.25) is 0 Å². The normalized spacial score (nSPS) is 11.1. The van der Waals surface area contributed by atoms with Gasteiger partial charge in [-0.15, -0.1) is 0 Å². The summed E-state index contributed by atoms with van der Waals surface area (Å²) < 4.78 is 27.3. The lowest BCUT2D eigenvalue weighted by Crippen LogP contribution is -2.22. The minimum absolute atomic E-state index is 0.288. The van der Waals surface area contributed by atoms with Crippen LogP contribution < -0.4 is 5.32 Å². The summed E-state index contributed by atoms with van der Waals surface area (Å²) in [6.07, 6.45) is 0. The summed E-state index contributed by atoms with van der Waals surface area (Å²) in [4.78, 5) is 0. The molecule has 1 nitrogen and oxygen atoms in total. The lowest BCUT2D eigenvalue weighted by Gasteiger charge is -2.10. The van der Waals surface area contributed by atoms with Crippen molar-refractivity contribution in [1.82, 2.24) is 5.32 Å². The van der Waals surface area contributed by atoms with Crippen LogP contribution in [0.3, 0.4) is 0 Å². The molecular formula is C16H16ClF2N. The van der Waals surface area contributed by atoms with Crippen molar-refractivity contribution in [2.24, 2.45) is 0 Å². The average molecular weight is 296 g/mol. The van der Waals surface area contributed by atoms with Crippen LogP contribution in [0.15, 0.2) is 36.4 Å². The van der Waals surface area contributed by atoms with E-state index in [1.54, 1.807) is 18.2 Å². The van der Waals surface area contributed by atoms with Crippen LogP contribution >= 0.6 is 11.6 Å². The number of hydrogen-bond donors (Lipinski definition) is 1. The van der Waals surface area contributed by atoms with E-state index in [9.17, 15) is 8.78 Å². The van der Waals surface area contributed by atoms with Gasteiger partial charge in [0, 0.05) is 23.2 Å². The van der Waals surface area contributed by atoms with Crippen LogP contribution in [0.1, 0.15) is 19.4 Å². The molecule has 106 valence electrons. The number of halogens is 3. The summed E-state index contributed by atoms with van der Waals surface area (Å²) in [7, 11) is 0. The molecule has 20 heavy (non-hydrogen) atoms. The summed E-state index contributed by atoms with van der Waals surface area (Å²) in [6.45, 7) is 4.47. The first-order valence-electron chi connectivity index (χ1n) is 6.44. The van der Waals surface area contributed by atoms with Gasteiger partial charge in [-0.25, -0.2) is 8.78 Å². The fraction of sp³-hybridized carbons (Fsp3) is 0.250. The second-order valence-electron chi connectivity index (χ2n) is 5.00. The maximum atomic E-state index is 14.0. The summed E-state index contributed by atoms with van der Waals surface area (Å²) in [5.41, 5.74) is 1.76. The van der Waals surface area contributed by atoms with Gasteiger partial charge >= 0.3 is 0 Å². The summed E-state index contributed by atoms with van der Waals surface area (Å²) in [5.74, 6) is -0.741. The molecular weight excluding hydrogens is 280 g/mol. The van der Waals surface area contributed by atoms with Gasteiger partial charge in [0.1, 0.15) is 11.6 Å². The largest absolute Gasteiger partial charge is 0.310 e. The van der Waals surface area contributed by atoms with Crippen molar-refractivity contribution >= 4 is 11.6 Å². The molecule has 0 aliphatic heterocycles. The lowest BCUT2D eigenvalue weighted by atomic mass is 10.0. The number of benzene rings is 2. The minimum atomic E-state index is -0.432. The summed E-state index contributed by atoms with van der Waals surface area (Å²) in [6, 6.07) is 9.35. The molecule has 4 heteroatoms. The first-order chi connectivity index (χ1) is 9.45. The average Bonchev–Trinajstić information content (AvgIpc) is 2.35. The van der Waals surface area contributed by atoms with E-state index in [0.29, 0.717) is 28.3 Å². The van der Waals surface area contributed by atoms with E-state index < -0.39 is 5.82 Å². The Morgan fingerprint density at radius 2 is 1.80 bits per heavy atom. The van der Waals surface area contributed by atoms with Crippen LogP contribution in [0, 0.1) is 11.6 Å². The number of rotatable bonds is 4. The van der Waals surface area contributed by atoms with E-state index in [1.165, 1.54) is 18.2 Å². The van der Waals surface area contributed by atoms with Gasteiger partial charge in [0.15, 0.2) is 0 Å². The second-order valence-corrected chi connectivity index (χ2v) is 5.44. The van der Waals surface area contributed by atoms with Crippen molar-refractivity contribution in [3.05, 3.63) is 58.6 Å². The molecule has 0 saturated carbocycles. The van der Waals surface area contributed by atoms with Crippen molar-refractivity contribution in [2.45, 2.75) is 26.4 Å². The van der Waals surface area contributed by atoms with Gasteiger partial charge in [0.05, 0.1) is 0 Å². The first kappa shape index (κ1) is 14.9. The van der Waals surface area contributed by atoms with E-state index in [0.717, 1.165) is 0 Å². The third-order valence-electron chi connectivity index (χ3n) is 2.95. The molecule has 0 aliphatic rings. The zero-order valence-corrected chi connectivity index (χ0v) is 12.1. The van der Waals surface area contributed by atoms with Gasteiger partial charge < -0.3 is 5.32 Å². The quantitative estimate of drug-likeness (QED) is 0.855. The third kappa shape index (κ3) is 3.78. The summed E-state index contributed by atoms with van der Waals surface area (Å²) in [5, 5.41) is 3.46. The molecule has 0 fully saturated rings. The highest BCUT2D eigenvalue weighted by Gasteiger charge is 2.07. The predicted octanol–water partition coefficient (Wildman–Crippen LogP) is 4.78. The van der Waals surface area contributed by atoms with E-state index >= 15 is 0 Å². The summed E-state index contributed by atoms with van der Waals surface area (Å²) >= 11 is 5.81. The molecule has 2 aromatic rings. The molecule has 0 heterocycles. The lowest BCUT2D eigenvalue weighted by molar-refractivity contribution is 0.553. The van der Waals surface area contributed by atoms with Crippen molar-refractivity contribution in [1.29, 1.82) is 0 Å². The number of hydrogen-bond acceptors (Lipinski definition) is 1. The molecule has 0 amide bonds. The maximum Gasteiger partial charge on any atom is 0.128 e. The van der Waals surface area contributed by atoms with Crippen molar-refractivity contribution in [3.63, 3.8) is 0 Å². The first-order valence-corrected chi connectivity index (χ1v) is 6.82. The SMILES string of the molecule is CC(C)NCc1ccc(-c2cc(F)cc(Cl)c2)cc1F. The van der Waals surface area contributed by atoms with Crippen LogP contribution in [0.4, 0.5) is 8.78 Å². The van der Waals surface area contributed by atoms with Crippen molar-refractivity contribution in [2.75, 3.05) is 0 Å². The smallest absolute Gasteiger partial charge is 0.128 e. The van der Waals surface area contributed by atoms with Gasteiger partial charge in [-0.05, 0) is 35.4 Å². The Hall–Kier alpha value is -1.45. The van der Waals surface area contributed by atoms with Gasteiger partial charge in [0.25, 0.3) is 0 Å². The molecule has 2 rings (SSSR count). The molecule has 0 spiro atoms. The van der Waals surface area contributed by atoms with Gasteiger partial charge in [-0.3, -0.25) is 0 Å². The molecule has 0 saturated heterocycles. The molecule has 0 atom stereocenters. The molecule has 0 bridgehead atoms. The number of nitrogens with one attached hydrogen (secondary N) is 1. The van der Waals surface area contributed by atoms with Gasteiger partial charge in [-0.1, -0.05) is 37.6 Å². The standard InChI is InChI=1S/C16H16ClF2N/c1-10(2)20-9-12-4-3-11(7-16(12)19)13-5-14(17)8-15(18)6-13/h3-8,10,20H,9H2,1-2H3. The molecule has 0 radical (unpaired) electrons.